The van der Waals surface area contributed by atoms with Crippen LogP contribution >= 0.6 is 11.8 Å². The molecule has 1 N–H and O–H groups in total. The molecule has 0 bridgehead atoms. The quantitative estimate of drug-likeness (QED) is 0.869. The fourth-order valence-electron chi connectivity index (χ4n) is 1.74. The standard InChI is InChI=1S/C11H14FN3OS/c1-13-10-9(6-8(12)7-14-10)11(16)15-2-4-17-5-3-15/h6-7H,2-5H2,1H3,(H,13,14). The molecule has 1 aromatic heterocycles. The first-order valence-electron chi connectivity index (χ1n) is 5.42. The molecule has 1 aliphatic rings. The number of rotatable bonds is 2. The molecule has 0 radical (unpaired) electrons. The van der Waals surface area contributed by atoms with Crippen LogP contribution in [0.2, 0.25) is 0 Å². The number of carbonyl (C=O) groups is 1. The maximum atomic E-state index is 13.1. The zero-order valence-corrected chi connectivity index (χ0v) is 10.4. The third-order valence-corrected chi connectivity index (χ3v) is 3.56. The molecule has 2 heterocycles. The molecular formula is C11H14FN3OS. The van der Waals surface area contributed by atoms with Crippen molar-refractivity contribution >= 4 is 23.5 Å². The second-order valence-electron chi connectivity index (χ2n) is 3.70. The van der Waals surface area contributed by atoms with Crippen LogP contribution < -0.4 is 5.32 Å². The second-order valence-corrected chi connectivity index (χ2v) is 4.93. The van der Waals surface area contributed by atoms with Crippen molar-refractivity contribution in [2.75, 3.05) is 37.0 Å². The zero-order chi connectivity index (χ0) is 12.3. The highest BCUT2D eigenvalue weighted by Crippen LogP contribution is 2.18. The summed E-state index contributed by atoms with van der Waals surface area (Å²) in [5.74, 6) is 1.65. The molecule has 1 saturated heterocycles. The molecule has 0 aromatic carbocycles. The highest BCUT2D eigenvalue weighted by Gasteiger charge is 2.21. The Morgan fingerprint density at radius 3 is 2.88 bits per heavy atom. The Balaban J connectivity index is 2.25. The van der Waals surface area contributed by atoms with Crippen LogP contribution in [-0.4, -0.2) is 47.4 Å². The molecule has 6 heteroatoms. The van der Waals surface area contributed by atoms with Crippen LogP contribution in [0.15, 0.2) is 12.3 Å². The topological polar surface area (TPSA) is 45.2 Å². The number of anilines is 1. The van der Waals surface area contributed by atoms with Gasteiger partial charge in [0.25, 0.3) is 5.91 Å². The molecule has 1 aliphatic heterocycles. The van der Waals surface area contributed by atoms with Crippen LogP contribution in [0.25, 0.3) is 0 Å². The summed E-state index contributed by atoms with van der Waals surface area (Å²) in [6, 6.07) is 1.24. The molecule has 1 amide bonds. The van der Waals surface area contributed by atoms with Crippen molar-refractivity contribution in [1.82, 2.24) is 9.88 Å². The SMILES string of the molecule is CNc1ncc(F)cc1C(=O)N1CCSCC1. The summed E-state index contributed by atoms with van der Waals surface area (Å²) >= 11 is 1.83. The summed E-state index contributed by atoms with van der Waals surface area (Å²) in [5.41, 5.74) is 0.305. The van der Waals surface area contributed by atoms with Gasteiger partial charge in [-0.15, -0.1) is 0 Å². The molecule has 0 aliphatic carbocycles. The minimum Gasteiger partial charge on any atom is -0.372 e. The van der Waals surface area contributed by atoms with Gasteiger partial charge in [-0.25, -0.2) is 9.37 Å². The van der Waals surface area contributed by atoms with E-state index in [1.807, 2.05) is 11.8 Å². The van der Waals surface area contributed by atoms with Gasteiger partial charge in [-0.2, -0.15) is 11.8 Å². The molecule has 0 saturated carbocycles. The highest BCUT2D eigenvalue weighted by molar-refractivity contribution is 7.99. The zero-order valence-electron chi connectivity index (χ0n) is 9.57. The fraction of sp³-hybridized carbons (Fsp3) is 0.455. The molecule has 4 nitrogen and oxygen atoms in total. The number of carbonyl (C=O) groups excluding carboxylic acids is 1. The van der Waals surface area contributed by atoms with E-state index in [4.69, 9.17) is 0 Å². The van der Waals surface area contributed by atoms with Crippen molar-refractivity contribution in [3.05, 3.63) is 23.6 Å². The number of aromatic nitrogens is 1. The van der Waals surface area contributed by atoms with Crippen LogP contribution in [0.3, 0.4) is 0 Å². The van der Waals surface area contributed by atoms with E-state index in [-0.39, 0.29) is 5.91 Å². The van der Waals surface area contributed by atoms with Gasteiger partial charge in [0.15, 0.2) is 0 Å². The smallest absolute Gasteiger partial charge is 0.257 e. The van der Waals surface area contributed by atoms with Crippen molar-refractivity contribution in [1.29, 1.82) is 0 Å². The van der Waals surface area contributed by atoms with Crippen molar-refractivity contribution in [2.24, 2.45) is 0 Å². The first kappa shape index (κ1) is 12.2. The van der Waals surface area contributed by atoms with Crippen LogP contribution in [0.5, 0.6) is 0 Å². The number of pyridine rings is 1. The van der Waals surface area contributed by atoms with Crippen molar-refractivity contribution in [2.45, 2.75) is 0 Å². The largest absolute Gasteiger partial charge is 0.372 e. The molecule has 92 valence electrons. The Bertz CT molecular complexity index is 421. The van der Waals surface area contributed by atoms with E-state index in [0.717, 1.165) is 17.7 Å². The third kappa shape index (κ3) is 2.69. The Labute approximate surface area is 104 Å². The number of thioether (sulfide) groups is 1. The van der Waals surface area contributed by atoms with E-state index in [0.29, 0.717) is 24.5 Å². The van der Waals surface area contributed by atoms with Gasteiger partial charge in [0.1, 0.15) is 11.6 Å². The van der Waals surface area contributed by atoms with Crippen molar-refractivity contribution in [3.8, 4) is 0 Å². The summed E-state index contributed by atoms with van der Waals surface area (Å²) < 4.78 is 13.1. The molecule has 17 heavy (non-hydrogen) atoms. The Morgan fingerprint density at radius 2 is 2.24 bits per heavy atom. The number of nitrogens with zero attached hydrogens (tertiary/aromatic N) is 2. The van der Waals surface area contributed by atoms with E-state index >= 15 is 0 Å². The van der Waals surface area contributed by atoms with E-state index in [1.165, 1.54) is 6.07 Å². The maximum Gasteiger partial charge on any atom is 0.257 e. The molecule has 1 fully saturated rings. The maximum absolute atomic E-state index is 13.1. The molecular weight excluding hydrogens is 241 g/mol. The van der Waals surface area contributed by atoms with E-state index in [1.54, 1.807) is 11.9 Å². The average molecular weight is 255 g/mol. The number of nitrogens with one attached hydrogen (secondary N) is 1. The van der Waals surface area contributed by atoms with Gasteiger partial charge >= 0.3 is 0 Å². The van der Waals surface area contributed by atoms with Gasteiger partial charge < -0.3 is 10.2 Å². The summed E-state index contributed by atoms with van der Waals surface area (Å²) in [4.78, 5) is 17.8. The predicted octanol–water partition coefficient (Wildman–Crippen LogP) is 1.45. The first-order chi connectivity index (χ1) is 8.22. The van der Waals surface area contributed by atoms with Crippen LogP contribution in [0, 0.1) is 5.82 Å². The van der Waals surface area contributed by atoms with Crippen LogP contribution in [0.1, 0.15) is 10.4 Å². The third-order valence-electron chi connectivity index (χ3n) is 2.62. The van der Waals surface area contributed by atoms with Crippen LogP contribution in [-0.2, 0) is 0 Å². The monoisotopic (exact) mass is 255 g/mol. The van der Waals surface area contributed by atoms with Gasteiger partial charge in [-0.05, 0) is 6.07 Å². The van der Waals surface area contributed by atoms with Gasteiger partial charge in [0, 0.05) is 31.6 Å². The summed E-state index contributed by atoms with van der Waals surface area (Å²) in [6.45, 7) is 1.42. The molecule has 1 aromatic rings. The van der Waals surface area contributed by atoms with E-state index in [9.17, 15) is 9.18 Å². The number of amides is 1. The average Bonchev–Trinajstić information content (AvgIpc) is 2.39. The Morgan fingerprint density at radius 1 is 1.53 bits per heavy atom. The first-order valence-corrected chi connectivity index (χ1v) is 6.58. The highest BCUT2D eigenvalue weighted by atomic mass is 32.2. The molecule has 0 spiro atoms. The van der Waals surface area contributed by atoms with Crippen molar-refractivity contribution in [3.63, 3.8) is 0 Å². The van der Waals surface area contributed by atoms with Gasteiger partial charge in [0.05, 0.1) is 11.8 Å². The number of hydrogen-bond donors (Lipinski definition) is 1. The number of halogens is 1. The van der Waals surface area contributed by atoms with Gasteiger partial charge in [0.2, 0.25) is 0 Å². The van der Waals surface area contributed by atoms with Crippen LogP contribution in [0.4, 0.5) is 10.2 Å². The van der Waals surface area contributed by atoms with Gasteiger partial charge in [-0.1, -0.05) is 0 Å². The summed E-state index contributed by atoms with van der Waals surface area (Å²) in [7, 11) is 1.67. The lowest BCUT2D eigenvalue weighted by Gasteiger charge is -2.26. The molecule has 0 atom stereocenters. The van der Waals surface area contributed by atoms with E-state index < -0.39 is 5.82 Å². The Kier molecular flexibility index (Phi) is 3.83. The summed E-state index contributed by atoms with van der Waals surface area (Å²) in [5, 5.41) is 2.81. The second kappa shape index (κ2) is 5.35. The minimum absolute atomic E-state index is 0.151. The van der Waals surface area contributed by atoms with Crippen molar-refractivity contribution < 1.29 is 9.18 Å². The Hall–Kier alpha value is -1.30. The molecule has 2 rings (SSSR count). The van der Waals surface area contributed by atoms with Gasteiger partial charge in [-0.3, -0.25) is 4.79 Å². The fourth-order valence-corrected chi connectivity index (χ4v) is 2.64. The normalized spacial score (nSPS) is 15.8. The predicted molar refractivity (Wildman–Crippen MR) is 67.0 cm³/mol. The molecule has 0 unspecified atom stereocenters. The lowest BCUT2D eigenvalue weighted by Crippen LogP contribution is -2.38. The lowest BCUT2D eigenvalue weighted by molar-refractivity contribution is 0.0772. The lowest BCUT2D eigenvalue weighted by atomic mass is 10.2. The number of hydrogen-bond acceptors (Lipinski definition) is 4. The van der Waals surface area contributed by atoms with E-state index in [2.05, 4.69) is 10.3 Å². The summed E-state index contributed by atoms with van der Waals surface area (Å²) in [6.07, 6.45) is 1.11. The minimum atomic E-state index is -0.487.